The smallest absolute Gasteiger partial charge is 0.234 e. The first kappa shape index (κ1) is 16.6. The van der Waals surface area contributed by atoms with Gasteiger partial charge >= 0.3 is 0 Å². The summed E-state index contributed by atoms with van der Waals surface area (Å²) in [6.45, 7) is 0.370. The molecule has 2 aromatic heterocycles. The van der Waals surface area contributed by atoms with Crippen molar-refractivity contribution in [1.82, 2.24) is 14.4 Å². The van der Waals surface area contributed by atoms with Crippen LogP contribution in [0, 0.1) is 5.82 Å². The number of aromatic nitrogens is 3. The van der Waals surface area contributed by atoms with Crippen molar-refractivity contribution in [3.8, 4) is 16.9 Å². The fraction of sp³-hybridized carbons (Fsp3) is 0.100. The van der Waals surface area contributed by atoms with Gasteiger partial charge in [-0.05, 0) is 36.1 Å². The lowest BCUT2D eigenvalue weighted by Crippen LogP contribution is -1.94. The molecule has 0 atom stereocenters. The molecule has 0 spiro atoms. The molecule has 0 aliphatic heterocycles. The first-order chi connectivity index (χ1) is 12.7. The summed E-state index contributed by atoms with van der Waals surface area (Å²) in [6.07, 6.45) is 7.54. The van der Waals surface area contributed by atoms with Gasteiger partial charge in [0.05, 0.1) is 5.69 Å². The minimum Gasteiger partial charge on any atom is -0.487 e. The first-order valence-corrected chi connectivity index (χ1v) is 9.31. The van der Waals surface area contributed by atoms with Crippen LogP contribution in [0.25, 0.3) is 16.9 Å². The van der Waals surface area contributed by atoms with Crippen molar-refractivity contribution in [1.29, 1.82) is 0 Å². The van der Waals surface area contributed by atoms with E-state index < -0.39 is 0 Å². The van der Waals surface area contributed by atoms with E-state index in [2.05, 4.69) is 9.97 Å². The van der Waals surface area contributed by atoms with Crippen molar-refractivity contribution in [3.05, 3.63) is 78.6 Å². The summed E-state index contributed by atoms with van der Waals surface area (Å²) in [5, 5.41) is 0. The lowest BCUT2D eigenvalue weighted by Gasteiger charge is -2.07. The largest absolute Gasteiger partial charge is 0.487 e. The molecule has 0 N–H and O–H groups in total. The summed E-state index contributed by atoms with van der Waals surface area (Å²) in [4.78, 5) is 9.78. The number of para-hydroxylation sites is 1. The third kappa shape index (κ3) is 3.41. The van der Waals surface area contributed by atoms with E-state index in [0.29, 0.717) is 12.4 Å². The van der Waals surface area contributed by atoms with Crippen LogP contribution in [0.4, 0.5) is 4.39 Å². The normalized spacial score (nSPS) is 11.0. The number of hydrogen-bond acceptors (Lipinski definition) is 4. The average molecular weight is 365 g/mol. The number of benzene rings is 2. The zero-order valence-electron chi connectivity index (χ0n) is 14.1. The third-order valence-electron chi connectivity index (χ3n) is 3.96. The Labute approximate surface area is 154 Å². The summed E-state index contributed by atoms with van der Waals surface area (Å²) < 4.78 is 21.1. The van der Waals surface area contributed by atoms with Crippen LogP contribution in [-0.4, -0.2) is 20.6 Å². The molecule has 0 saturated heterocycles. The van der Waals surface area contributed by atoms with Gasteiger partial charge in [0.2, 0.25) is 5.78 Å². The van der Waals surface area contributed by atoms with Crippen LogP contribution in [0.5, 0.6) is 5.75 Å². The molecule has 2 heterocycles. The second-order valence-electron chi connectivity index (χ2n) is 5.73. The Morgan fingerprint density at radius 3 is 2.77 bits per heavy atom. The molecule has 4 nitrogen and oxygen atoms in total. The Hall–Kier alpha value is -2.86. The molecule has 0 amide bonds. The molecule has 0 fully saturated rings. The number of ether oxygens (including phenoxy) is 1. The van der Waals surface area contributed by atoms with Gasteiger partial charge in [-0.25, -0.2) is 14.4 Å². The summed E-state index contributed by atoms with van der Waals surface area (Å²) >= 11 is 1.51. The maximum Gasteiger partial charge on any atom is 0.234 e. The highest BCUT2D eigenvalue weighted by molar-refractivity contribution is 7.98. The minimum atomic E-state index is -0.241. The highest BCUT2D eigenvalue weighted by Crippen LogP contribution is 2.30. The first-order valence-electron chi connectivity index (χ1n) is 8.08. The summed E-state index contributed by atoms with van der Waals surface area (Å²) in [7, 11) is 0. The van der Waals surface area contributed by atoms with E-state index in [4.69, 9.17) is 4.74 Å². The van der Waals surface area contributed by atoms with Crippen molar-refractivity contribution in [2.75, 3.05) is 6.26 Å². The number of fused-ring (bicyclic) bond motifs is 1. The van der Waals surface area contributed by atoms with Gasteiger partial charge in [-0.2, -0.15) is 0 Å². The van der Waals surface area contributed by atoms with Crippen LogP contribution in [0.2, 0.25) is 0 Å². The number of halogens is 1. The van der Waals surface area contributed by atoms with Gasteiger partial charge in [0.1, 0.15) is 18.2 Å². The van der Waals surface area contributed by atoms with Crippen LogP contribution in [0.3, 0.4) is 0 Å². The van der Waals surface area contributed by atoms with Gasteiger partial charge in [0.25, 0.3) is 0 Å². The number of imidazole rings is 1. The SMILES string of the molecule is CSc1cc(F)ccc1-c1cnc2nc(COc3ccccc3)cn2c1. The van der Waals surface area contributed by atoms with Crippen LogP contribution >= 0.6 is 11.8 Å². The molecule has 0 saturated carbocycles. The minimum absolute atomic E-state index is 0.241. The molecule has 2 aromatic carbocycles. The maximum atomic E-state index is 13.5. The molecule has 0 bridgehead atoms. The molecule has 130 valence electrons. The zero-order chi connectivity index (χ0) is 17.9. The van der Waals surface area contributed by atoms with E-state index in [0.717, 1.165) is 27.5 Å². The molecule has 0 aliphatic rings. The van der Waals surface area contributed by atoms with E-state index in [9.17, 15) is 4.39 Å². The van der Waals surface area contributed by atoms with Crippen molar-refractivity contribution < 1.29 is 9.13 Å². The Bertz CT molecular complexity index is 1050. The van der Waals surface area contributed by atoms with Gasteiger partial charge in [-0.1, -0.05) is 24.3 Å². The van der Waals surface area contributed by atoms with E-state index in [1.54, 1.807) is 12.3 Å². The number of nitrogens with zero attached hydrogens (tertiary/aromatic N) is 3. The Balaban J connectivity index is 1.62. The molecule has 0 aliphatic carbocycles. The number of rotatable bonds is 5. The predicted octanol–water partition coefficient (Wildman–Crippen LogP) is 4.84. The zero-order valence-corrected chi connectivity index (χ0v) is 14.9. The Kier molecular flexibility index (Phi) is 4.58. The van der Waals surface area contributed by atoms with Gasteiger partial charge in [0.15, 0.2) is 0 Å². The summed E-state index contributed by atoms with van der Waals surface area (Å²) in [5.74, 6) is 1.16. The number of thioether (sulfide) groups is 1. The second kappa shape index (κ2) is 7.17. The quantitative estimate of drug-likeness (QED) is 0.475. The van der Waals surface area contributed by atoms with Gasteiger partial charge < -0.3 is 4.74 Å². The fourth-order valence-electron chi connectivity index (χ4n) is 2.72. The lowest BCUT2D eigenvalue weighted by molar-refractivity contribution is 0.302. The van der Waals surface area contributed by atoms with Gasteiger partial charge in [-0.15, -0.1) is 11.8 Å². The van der Waals surface area contributed by atoms with Crippen LogP contribution < -0.4 is 4.74 Å². The highest BCUT2D eigenvalue weighted by Gasteiger charge is 2.09. The lowest BCUT2D eigenvalue weighted by atomic mass is 10.1. The molecule has 4 aromatic rings. The van der Waals surface area contributed by atoms with Gasteiger partial charge in [0, 0.05) is 29.0 Å². The summed E-state index contributed by atoms with van der Waals surface area (Å²) in [5.41, 5.74) is 2.65. The number of hydrogen-bond donors (Lipinski definition) is 0. The molecule has 0 radical (unpaired) electrons. The average Bonchev–Trinajstić information content (AvgIpc) is 3.09. The third-order valence-corrected chi connectivity index (χ3v) is 4.74. The second-order valence-corrected chi connectivity index (χ2v) is 6.58. The molecule has 6 heteroatoms. The van der Waals surface area contributed by atoms with Crippen molar-refractivity contribution in [3.63, 3.8) is 0 Å². The van der Waals surface area contributed by atoms with Crippen molar-refractivity contribution in [2.24, 2.45) is 0 Å². The van der Waals surface area contributed by atoms with Crippen LogP contribution in [-0.2, 0) is 6.61 Å². The van der Waals surface area contributed by atoms with E-state index in [1.807, 2.05) is 53.4 Å². The predicted molar refractivity (Wildman–Crippen MR) is 101 cm³/mol. The molecule has 4 rings (SSSR count). The standard InChI is InChI=1S/C20H16FN3OS/c1-26-19-9-15(21)7-8-18(19)14-10-22-20-23-16(12-24(20)11-14)13-25-17-5-3-2-4-6-17/h2-12H,13H2,1H3. The van der Waals surface area contributed by atoms with Crippen molar-refractivity contribution >= 4 is 17.5 Å². The van der Waals surface area contributed by atoms with Crippen LogP contribution in [0.15, 0.2) is 72.0 Å². The monoisotopic (exact) mass is 365 g/mol. The van der Waals surface area contributed by atoms with Crippen LogP contribution in [0.1, 0.15) is 5.69 Å². The fourth-order valence-corrected chi connectivity index (χ4v) is 3.36. The molecule has 0 unspecified atom stereocenters. The maximum absolute atomic E-state index is 13.5. The Morgan fingerprint density at radius 1 is 1.12 bits per heavy atom. The molecular weight excluding hydrogens is 349 g/mol. The molecular formula is C20H16FN3OS. The highest BCUT2D eigenvalue weighted by atomic mass is 32.2. The van der Waals surface area contributed by atoms with E-state index >= 15 is 0 Å². The topological polar surface area (TPSA) is 39.4 Å². The summed E-state index contributed by atoms with van der Waals surface area (Å²) in [6, 6.07) is 14.4. The Morgan fingerprint density at radius 2 is 1.96 bits per heavy atom. The van der Waals surface area contributed by atoms with E-state index in [-0.39, 0.29) is 5.82 Å². The van der Waals surface area contributed by atoms with E-state index in [1.165, 1.54) is 23.9 Å². The van der Waals surface area contributed by atoms with Gasteiger partial charge in [-0.3, -0.25) is 4.40 Å². The molecule has 26 heavy (non-hydrogen) atoms. The van der Waals surface area contributed by atoms with Crippen molar-refractivity contribution in [2.45, 2.75) is 11.5 Å².